The molecule has 180 valence electrons. The Morgan fingerprint density at radius 2 is 1.74 bits per heavy atom. The van der Waals surface area contributed by atoms with Crippen LogP contribution in [-0.4, -0.2) is 55.0 Å². The number of nitrogens with one attached hydrogen (secondary N) is 2. The lowest BCUT2D eigenvalue weighted by Gasteiger charge is -2.20. The number of aliphatic carboxylic acids is 1. The van der Waals surface area contributed by atoms with Crippen LogP contribution in [0.25, 0.3) is 11.1 Å². The van der Waals surface area contributed by atoms with Gasteiger partial charge in [0.25, 0.3) is 0 Å². The van der Waals surface area contributed by atoms with Crippen molar-refractivity contribution < 1.29 is 29.0 Å². The summed E-state index contributed by atoms with van der Waals surface area (Å²) in [4.78, 5) is 36.1. The van der Waals surface area contributed by atoms with Gasteiger partial charge in [-0.05, 0) is 35.1 Å². The van der Waals surface area contributed by atoms with Crippen molar-refractivity contribution in [2.45, 2.75) is 44.2 Å². The first-order valence-electron chi connectivity index (χ1n) is 11.7. The second-order valence-corrected chi connectivity index (χ2v) is 8.76. The van der Waals surface area contributed by atoms with Gasteiger partial charge in [0.05, 0.1) is 0 Å². The highest BCUT2D eigenvalue weighted by Crippen LogP contribution is 2.44. The summed E-state index contributed by atoms with van der Waals surface area (Å²) in [6.07, 6.45) is -0.210. The lowest BCUT2D eigenvalue weighted by molar-refractivity contribution is -0.149. The van der Waals surface area contributed by atoms with Crippen LogP contribution in [0.15, 0.2) is 48.5 Å². The smallest absolute Gasteiger partial charge is 0.407 e. The van der Waals surface area contributed by atoms with Gasteiger partial charge in [0.15, 0.2) is 6.10 Å². The molecule has 2 aromatic rings. The van der Waals surface area contributed by atoms with Crippen molar-refractivity contribution in [3.05, 3.63) is 59.7 Å². The van der Waals surface area contributed by atoms with Gasteiger partial charge in [-0.2, -0.15) is 0 Å². The van der Waals surface area contributed by atoms with Crippen LogP contribution in [0, 0.1) is 5.92 Å². The highest BCUT2D eigenvalue weighted by molar-refractivity contribution is 5.80. The first-order valence-corrected chi connectivity index (χ1v) is 11.7. The monoisotopic (exact) mass is 466 g/mol. The third-order valence-corrected chi connectivity index (χ3v) is 6.61. The van der Waals surface area contributed by atoms with E-state index in [-0.39, 0.29) is 43.4 Å². The molecular formula is C26H30N2O6. The Morgan fingerprint density at radius 1 is 1.09 bits per heavy atom. The molecule has 0 unspecified atom stereocenters. The molecule has 2 aliphatic rings. The zero-order valence-electron chi connectivity index (χ0n) is 19.2. The van der Waals surface area contributed by atoms with E-state index in [1.165, 1.54) is 0 Å². The summed E-state index contributed by atoms with van der Waals surface area (Å²) in [5.41, 5.74) is 4.60. The lowest BCUT2D eigenvalue weighted by Crippen LogP contribution is -2.41. The minimum Gasteiger partial charge on any atom is -0.479 e. The molecule has 0 aromatic heterocycles. The van der Waals surface area contributed by atoms with Crippen LogP contribution < -0.4 is 10.6 Å². The standard InChI is InChI=1S/C26H30N2O6/c1-2-17(13-23(29)27-14-16-11-12-33-24(16)25(30)31)28-26(32)34-15-22-20-9-5-3-7-18(20)19-8-4-6-10-21(19)22/h3-10,16-17,22,24H,2,11-15H2,1H3,(H,27,29)(H,28,32)(H,30,31)/t16-,17-,24-/m0/s1. The predicted octanol–water partition coefficient (Wildman–Crippen LogP) is 3.30. The highest BCUT2D eigenvalue weighted by atomic mass is 16.5. The number of hydrogen-bond acceptors (Lipinski definition) is 5. The van der Waals surface area contributed by atoms with Crippen molar-refractivity contribution in [2.24, 2.45) is 5.92 Å². The van der Waals surface area contributed by atoms with Crippen LogP contribution in [0.1, 0.15) is 43.2 Å². The Hall–Kier alpha value is -3.39. The number of benzene rings is 2. The SMILES string of the molecule is CC[C@@H](CC(=O)NC[C@@H]1CCO[C@@H]1C(=O)O)NC(=O)OCC1c2ccccc2-c2ccccc21. The van der Waals surface area contributed by atoms with E-state index in [1.54, 1.807) is 0 Å². The number of rotatable bonds is 9. The molecular weight excluding hydrogens is 436 g/mol. The molecule has 3 N–H and O–H groups in total. The van der Waals surface area contributed by atoms with Crippen molar-refractivity contribution in [1.82, 2.24) is 10.6 Å². The molecule has 34 heavy (non-hydrogen) atoms. The fourth-order valence-corrected chi connectivity index (χ4v) is 4.76. The van der Waals surface area contributed by atoms with Crippen LogP contribution in [0.4, 0.5) is 4.79 Å². The Labute approximate surface area is 198 Å². The van der Waals surface area contributed by atoms with Gasteiger partial charge in [0, 0.05) is 37.5 Å². The average Bonchev–Trinajstić information content (AvgIpc) is 3.44. The third kappa shape index (κ3) is 5.22. The Bertz CT molecular complexity index is 1010. The topological polar surface area (TPSA) is 114 Å². The summed E-state index contributed by atoms with van der Waals surface area (Å²) in [5.74, 6) is -1.55. The maximum absolute atomic E-state index is 12.5. The molecule has 8 nitrogen and oxygen atoms in total. The van der Waals surface area contributed by atoms with E-state index in [1.807, 2.05) is 31.2 Å². The van der Waals surface area contributed by atoms with Gasteiger partial charge >= 0.3 is 12.1 Å². The number of carbonyl (C=O) groups is 3. The van der Waals surface area contributed by atoms with Gasteiger partial charge in [0.2, 0.25) is 5.91 Å². The molecule has 0 bridgehead atoms. The molecule has 1 heterocycles. The zero-order chi connectivity index (χ0) is 24.1. The van der Waals surface area contributed by atoms with E-state index >= 15 is 0 Å². The number of fused-ring (bicyclic) bond motifs is 3. The van der Waals surface area contributed by atoms with Gasteiger partial charge < -0.3 is 25.2 Å². The summed E-state index contributed by atoms with van der Waals surface area (Å²) < 4.78 is 10.8. The molecule has 0 saturated carbocycles. The zero-order valence-corrected chi connectivity index (χ0v) is 19.2. The maximum atomic E-state index is 12.5. The van der Waals surface area contributed by atoms with Gasteiger partial charge in [-0.15, -0.1) is 0 Å². The average molecular weight is 467 g/mol. The summed E-state index contributed by atoms with van der Waals surface area (Å²) >= 11 is 0. The molecule has 2 amide bonds. The first-order chi connectivity index (χ1) is 16.5. The lowest BCUT2D eigenvalue weighted by atomic mass is 9.98. The predicted molar refractivity (Wildman–Crippen MR) is 125 cm³/mol. The minimum atomic E-state index is -1.01. The number of carboxylic acids is 1. The van der Waals surface area contributed by atoms with E-state index in [2.05, 4.69) is 34.9 Å². The normalized spacial score (nSPS) is 19.7. The summed E-state index contributed by atoms with van der Waals surface area (Å²) in [7, 11) is 0. The number of hydrogen-bond donors (Lipinski definition) is 3. The van der Waals surface area contributed by atoms with Crippen molar-refractivity contribution in [2.75, 3.05) is 19.8 Å². The second-order valence-electron chi connectivity index (χ2n) is 8.76. The van der Waals surface area contributed by atoms with Crippen LogP contribution in [0.2, 0.25) is 0 Å². The Balaban J connectivity index is 1.27. The fourth-order valence-electron chi connectivity index (χ4n) is 4.76. The van der Waals surface area contributed by atoms with Crippen molar-refractivity contribution >= 4 is 18.0 Å². The fraction of sp³-hybridized carbons (Fsp3) is 0.423. The highest BCUT2D eigenvalue weighted by Gasteiger charge is 2.34. The number of amides is 2. The summed E-state index contributed by atoms with van der Waals surface area (Å²) in [6.45, 7) is 2.70. The summed E-state index contributed by atoms with van der Waals surface area (Å²) in [5, 5.41) is 14.7. The molecule has 4 rings (SSSR count). The third-order valence-electron chi connectivity index (χ3n) is 6.61. The molecule has 0 spiro atoms. The van der Waals surface area contributed by atoms with Crippen LogP contribution >= 0.6 is 0 Å². The number of carboxylic acid groups (broad SMARTS) is 1. The Kier molecular flexibility index (Phi) is 7.47. The molecule has 1 fully saturated rings. The molecule has 1 saturated heterocycles. The van der Waals surface area contributed by atoms with E-state index in [4.69, 9.17) is 9.47 Å². The second kappa shape index (κ2) is 10.7. The maximum Gasteiger partial charge on any atom is 0.407 e. The number of ether oxygens (including phenoxy) is 2. The van der Waals surface area contributed by atoms with Gasteiger partial charge in [-0.3, -0.25) is 4.79 Å². The largest absolute Gasteiger partial charge is 0.479 e. The van der Waals surface area contributed by atoms with Gasteiger partial charge in [0.1, 0.15) is 6.61 Å². The molecule has 2 aromatic carbocycles. The molecule has 3 atom stereocenters. The van der Waals surface area contributed by atoms with Crippen molar-refractivity contribution in [3.8, 4) is 11.1 Å². The molecule has 1 aliphatic carbocycles. The number of alkyl carbamates (subject to hydrolysis) is 1. The molecule has 1 aliphatic heterocycles. The van der Waals surface area contributed by atoms with E-state index in [0.29, 0.717) is 19.4 Å². The van der Waals surface area contributed by atoms with Crippen LogP contribution in [0.3, 0.4) is 0 Å². The van der Waals surface area contributed by atoms with Crippen molar-refractivity contribution in [1.29, 1.82) is 0 Å². The quantitative estimate of drug-likeness (QED) is 0.523. The van der Waals surface area contributed by atoms with E-state index < -0.39 is 18.2 Å². The minimum absolute atomic E-state index is 0.0302. The summed E-state index contributed by atoms with van der Waals surface area (Å²) in [6, 6.07) is 15.9. The van der Waals surface area contributed by atoms with E-state index in [0.717, 1.165) is 22.3 Å². The number of carbonyl (C=O) groups excluding carboxylic acids is 2. The first kappa shape index (κ1) is 23.8. The van der Waals surface area contributed by atoms with Gasteiger partial charge in [-0.1, -0.05) is 55.5 Å². The van der Waals surface area contributed by atoms with Crippen molar-refractivity contribution in [3.63, 3.8) is 0 Å². The van der Waals surface area contributed by atoms with Crippen LogP contribution in [-0.2, 0) is 19.1 Å². The van der Waals surface area contributed by atoms with Gasteiger partial charge in [-0.25, -0.2) is 9.59 Å². The molecule has 8 heteroatoms. The van der Waals surface area contributed by atoms with Crippen LogP contribution in [0.5, 0.6) is 0 Å². The van der Waals surface area contributed by atoms with E-state index in [9.17, 15) is 19.5 Å². The Morgan fingerprint density at radius 3 is 2.35 bits per heavy atom. The molecule has 0 radical (unpaired) electrons.